The zero-order valence-electron chi connectivity index (χ0n) is 21.7. The topological polar surface area (TPSA) is 97.7 Å². The highest BCUT2D eigenvalue weighted by molar-refractivity contribution is 8.14. The number of hydrogen-bond donors (Lipinski definition) is 1. The highest BCUT2D eigenvalue weighted by Crippen LogP contribution is 2.35. The highest BCUT2D eigenvalue weighted by Gasteiger charge is 2.43. The first-order valence-corrected chi connectivity index (χ1v) is 14.0. The summed E-state index contributed by atoms with van der Waals surface area (Å²) < 4.78 is 0. The van der Waals surface area contributed by atoms with Crippen molar-refractivity contribution >= 4 is 51.9 Å². The number of thioether (sulfide) groups is 1. The van der Waals surface area contributed by atoms with Crippen LogP contribution in [0.4, 0.5) is 11.4 Å². The number of anilines is 1. The minimum atomic E-state index is -0.776. The van der Waals surface area contributed by atoms with Gasteiger partial charge in [0.25, 0.3) is 5.91 Å². The molecule has 3 heterocycles. The molecule has 0 radical (unpaired) electrons. The van der Waals surface area contributed by atoms with Gasteiger partial charge >= 0.3 is 0 Å². The summed E-state index contributed by atoms with van der Waals surface area (Å²) in [5.74, 6) is 0.123. The number of para-hydroxylation sites is 2. The lowest BCUT2D eigenvalue weighted by Gasteiger charge is -2.37. The van der Waals surface area contributed by atoms with Gasteiger partial charge in [-0.2, -0.15) is 4.99 Å². The quantitative estimate of drug-likeness (QED) is 0.589. The molecule has 2 aromatic rings. The van der Waals surface area contributed by atoms with Crippen LogP contribution in [0.2, 0.25) is 0 Å². The maximum atomic E-state index is 13.4. The lowest BCUT2D eigenvalue weighted by atomic mass is 10.1. The molecule has 5 rings (SSSR count). The molecule has 1 saturated heterocycles. The predicted octanol–water partition coefficient (Wildman–Crippen LogP) is 3.03. The number of amidine groups is 2. The molecular weight excluding hydrogens is 500 g/mol. The lowest BCUT2D eigenvalue weighted by Crippen LogP contribution is -2.51. The molecule has 2 atom stereocenters. The number of benzene rings is 2. The van der Waals surface area contributed by atoms with Crippen molar-refractivity contribution in [3.05, 3.63) is 60.2 Å². The van der Waals surface area contributed by atoms with Crippen molar-refractivity contribution in [3.63, 3.8) is 0 Å². The van der Waals surface area contributed by atoms with Crippen LogP contribution in [0.5, 0.6) is 0 Å². The summed E-state index contributed by atoms with van der Waals surface area (Å²) in [6, 6.07) is 17.0. The highest BCUT2D eigenvalue weighted by atomic mass is 32.2. The van der Waals surface area contributed by atoms with Crippen molar-refractivity contribution < 1.29 is 14.4 Å². The molecule has 1 fully saturated rings. The van der Waals surface area contributed by atoms with Crippen molar-refractivity contribution in [3.8, 4) is 0 Å². The summed E-state index contributed by atoms with van der Waals surface area (Å²) in [5.41, 5.74) is 2.59. The van der Waals surface area contributed by atoms with E-state index in [1.165, 1.54) is 11.8 Å². The predicted molar refractivity (Wildman–Crippen MR) is 151 cm³/mol. The standard InChI is InChI=1S/C28H32N6O3S/c1-3-19(2)29-24(35)18-38-28-30-22-12-8-7-11-21(22)26-31-27(37)23(34(26)28)17-25(36)33-15-13-32(14-16-33)20-9-5-4-6-10-20/h4-12,19,23H,3,13-18H2,1-2H3,(H,29,35). The van der Waals surface area contributed by atoms with Gasteiger partial charge in [-0.15, -0.1) is 0 Å². The third-order valence-corrected chi connectivity index (χ3v) is 8.03. The van der Waals surface area contributed by atoms with E-state index < -0.39 is 6.04 Å². The number of hydrogen-bond acceptors (Lipinski definition) is 7. The minimum absolute atomic E-state index is 0.0119. The number of fused-ring (bicyclic) bond motifs is 3. The molecule has 0 spiro atoms. The Labute approximate surface area is 227 Å². The molecule has 9 nitrogen and oxygen atoms in total. The molecule has 3 aliphatic rings. The zero-order chi connectivity index (χ0) is 26.6. The Morgan fingerprint density at radius 1 is 1.03 bits per heavy atom. The average molecular weight is 533 g/mol. The molecule has 0 aliphatic carbocycles. The third-order valence-electron chi connectivity index (χ3n) is 7.08. The van der Waals surface area contributed by atoms with E-state index in [-0.39, 0.29) is 35.9 Å². The molecule has 0 aromatic heterocycles. The fraction of sp³-hybridized carbons (Fsp3) is 0.393. The molecular formula is C28H32N6O3S. The Morgan fingerprint density at radius 3 is 2.47 bits per heavy atom. The second-order valence-electron chi connectivity index (χ2n) is 9.64. The van der Waals surface area contributed by atoms with Gasteiger partial charge in [-0.25, -0.2) is 4.99 Å². The monoisotopic (exact) mass is 532 g/mol. The van der Waals surface area contributed by atoms with Crippen LogP contribution in [0.3, 0.4) is 0 Å². The van der Waals surface area contributed by atoms with Crippen LogP contribution in [0, 0.1) is 0 Å². The number of nitrogens with one attached hydrogen (secondary N) is 1. The molecule has 1 N–H and O–H groups in total. The van der Waals surface area contributed by atoms with Crippen LogP contribution >= 0.6 is 11.8 Å². The zero-order valence-corrected chi connectivity index (χ0v) is 22.5. The van der Waals surface area contributed by atoms with Crippen molar-refractivity contribution in [2.45, 2.75) is 38.8 Å². The molecule has 2 unspecified atom stereocenters. The number of rotatable bonds is 7. The SMILES string of the molecule is CCC(C)NC(=O)CSC1=Nc2ccccc2C2=NC(=O)C(CC(=O)N3CCN(c4ccccc4)CC3)N12. The van der Waals surface area contributed by atoms with E-state index in [0.29, 0.717) is 29.8 Å². The summed E-state index contributed by atoms with van der Waals surface area (Å²) in [5, 5.41) is 3.48. The van der Waals surface area contributed by atoms with Crippen molar-refractivity contribution in [1.82, 2.24) is 15.1 Å². The number of piperazine rings is 1. The maximum Gasteiger partial charge on any atom is 0.271 e. The molecule has 0 bridgehead atoms. The van der Waals surface area contributed by atoms with E-state index in [1.54, 1.807) is 4.90 Å². The van der Waals surface area contributed by atoms with Gasteiger partial charge in [-0.05, 0) is 37.6 Å². The number of amides is 3. The Bertz CT molecular complexity index is 1270. The normalized spacial score (nSPS) is 19.4. The smallest absolute Gasteiger partial charge is 0.271 e. The lowest BCUT2D eigenvalue weighted by molar-refractivity contribution is -0.134. The van der Waals surface area contributed by atoms with E-state index in [4.69, 9.17) is 4.99 Å². The van der Waals surface area contributed by atoms with Gasteiger partial charge in [0.05, 0.1) is 17.9 Å². The van der Waals surface area contributed by atoms with Crippen LogP contribution in [0.1, 0.15) is 32.3 Å². The first kappa shape index (κ1) is 26.0. The summed E-state index contributed by atoms with van der Waals surface area (Å²) in [7, 11) is 0. The largest absolute Gasteiger partial charge is 0.368 e. The van der Waals surface area contributed by atoms with Crippen molar-refractivity contribution in [2.24, 2.45) is 9.98 Å². The third kappa shape index (κ3) is 5.45. The average Bonchev–Trinajstić information content (AvgIpc) is 3.28. The van der Waals surface area contributed by atoms with Gasteiger partial charge in [-0.1, -0.05) is 49.0 Å². The van der Waals surface area contributed by atoms with Crippen LogP contribution in [0.25, 0.3) is 0 Å². The van der Waals surface area contributed by atoms with Crippen molar-refractivity contribution in [2.75, 3.05) is 36.8 Å². The number of carbonyl (C=O) groups excluding carboxylic acids is 3. The number of nitrogens with zero attached hydrogens (tertiary/aromatic N) is 5. The molecule has 198 valence electrons. The van der Waals surface area contributed by atoms with Crippen molar-refractivity contribution in [1.29, 1.82) is 0 Å². The molecule has 10 heteroatoms. The van der Waals surface area contributed by atoms with Gasteiger partial charge in [0.2, 0.25) is 11.8 Å². The summed E-state index contributed by atoms with van der Waals surface area (Å²) in [6.45, 7) is 6.64. The first-order valence-electron chi connectivity index (χ1n) is 13.0. The fourth-order valence-corrected chi connectivity index (χ4v) is 5.66. The maximum absolute atomic E-state index is 13.4. The van der Waals surface area contributed by atoms with E-state index in [1.807, 2.05) is 61.2 Å². The van der Waals surface area contributed by atoms with Gasteiger partial charge in [0.1, 0.15) is 11.9 Å². The van der Waals surface area contributed by atoms with Crippen LogP contribution in [-0.2, 0) is 14.4 Å². The second kappa shape index (κ2) is 11.4. The fourth-order valence-electron chi connectivity index (χ4n) is 4.80. The number of carbonyl (C=O) groups is 3. The van der Waals surface area contributed by atoms with Crippen LogP contribution < -0.4 is 10.2 Å². The minimum Gasteiger partial charge on any atom is -0.368 e. The number of aliphatic imine (C=N–C) groups is 2. The van der Waals surface area contributed by atoms with Gasteiger partial charge in [0, 0.05) is 43.5 Å². The van der Waals surface area contributed by atoms with Gasteiger partial charge in [0.15, 0.2) is 5.17 Å². The Hall–Kier alpha value is -3.66. The van der Waals surface area contributed by atoms with Gasteiger partial charge in [-0.3, -0.25) is 19.3 Å². The van der Waals surface area contributed by atoms with E-state index in [9.17, 15) is 14.4 Å². The Kier molecular flexibility index (Phi) is 7.78. The van der Waals surface area contributed by atoms with Gasteiger partial charge < -0.3 is 15.1 Å². The first-order chi connectivity index (χ1) is 18.4. The Balaban J connectivity index is 1.29. The summed E-state index contributed by atoms with van der Waals surface area (Å²) >= 11 is 1.26. The summed E-state index contributed by atoms with van der Waals surface area (Å²) in [4.78, 5) is 53.9. The van der Waals surface area contributed by atoms with E-state index >= 15 is 0 Å². The molecule has 3 amide bonds. The van der Waals surface area contributed by atoms with Crippen LogP contribution in [0.15, 0.2) is 64.6 Å². The summed E-state index contributed by atoms with van der Waals surface area (Å²) in [6.07, 6.45) is 0.851. The molecule has 38 heavy (non-hydrogen) atoms. The molecule has 2 aromatic carbocycles. The van der Waals surface area contributed by atoms with E-state index in [0.717, 1.165) is 30.8 Å². The second-order valence-corrected chi connectivity index (χ2v) is 10.6. The molecule has 3 aliphatic heterocycles. The van der Waals surface area contributed by atoms with Crippen LogP contribution in [-0.4, -0.2) is 82.5 Å². The Morgan fingerprint density at radius 2 is 1.74 bits per heavy atom. The van der Waals surface area contributed by atoms with E-state index in [2.05, 4.69) is 27.3 Å². The molecule has 0 saturated carbocycles.